The first-order valence-electron chi connectivity index (χ1n) is 12.7. The standard InChI is InChI=1S/C30H33BrN2O4/c1-22-30(21-25-12-5-6-13-27(25)31,29(35)32-18-7-11-23-9-3-2-4-10-23)33-28(37-22)24-14-16-26(17-15-24)36-20-8-19-34/h2-6,9-10,12-17,22,34H,7-8,11,18-21H2,1H3,(H,32,35)/t22-,30-/m1/s1. The Labute approximate surface area is 226 Å². The molecule has 0 aliphatic carbocycles. The Morgan fingerprint density at radius 1 is 1.05 bits per heavy atom. The number of halogens is 1. The van der Waals surface area contributed by atoms with Crippen LogP contribution in [0.25, 0.3) is 0 Å². The largest absolute Gasteiger partial charge is 0.494 e. The molecule has 4 rings (SSSR count). The van der Waals surface area contributed by atoms with Gasteiger partial charge in [0.25, 0.3) is 5.91 Å². The second kappa shape index (κ2) is 12.9. The molecule has 6 nitrogen and oxygen atoms in total. The maximum atomic E-state index is 13.7. The molecule has 194 valence electrons. The monoisotopic (exact) mass is 564 g/mol. The van der Waals surface area contributed by atoms with Crippen LogP contribution in [-0.4, -0.2) is 48.3 Å². The van der Waals surface area contributed by atoms with E-state index in [1.165, 1.54) is 5.56 Å². The van der Waals surface area contributed by atoms with E-state index in [1.807, 2.05) is 73.7 Å². The van der Waals surface area contributed by atoms with Gasteiger partial charge in [0, 0.05) is 36.0 Å². The number of amides is 1. The Kier molecular flexibility index (Phi) is 9.36. The summed E-state index contributed by atoms with van der Waals surface area (Å²) in [5.74, 6) is 1.02. The molecular weight excluding hydrogens is 532 g/mol. The fourth-order valence-electron chi connectivity index (χ4n) is 4.37. The summed E-state index contributed by atoms with van der Waals surface area (Å²) in [4.78, 5) is 18.7. The van der Waals surface area contributed by atoms with E-state index >= 15 is 0 Å². The van der Waals surface area contributed by atoms with Crippen LogP contribution < -0.4 is 10.1 Å². The molecule has 7 heteroatoms. The first-order chi connectivity index (χ1) is 18.0. The zero-order valence-corrected chi connectivity index (χ0v) is 22.6. The molecule has 37 heavy (non-hydrogen) atoms. The van der Waals surface area contributed by atoms with Crippen molar-refractivity contribution in [1.82, 2.24) is 5.32 Å². The van der Waals surface area contributed by atoms with Crippen LogP contribution in [0.3, 0.4) is 0 Å². The van der Waals surface area contributed by atoms with Gasteiger partial charge in [-0.3, -0.25) is 4.79 Å². The number of aryl methyl sites for hydroxylation is 1. The van der Waals surface area contributed by atoms with Gasteiger partial charge in [-0.1, -0.05) is 64.5 Å². The Balaban J connectivity index is 1.53. The number of nitrogens with zero attached hydrogens (tertiary/aromatic N) is 1. The van der Waals surface area contributed by atoms with Crippen LogP contribution in [0.1, 0.15) is 36.5 Å². The fraction of sp³-hybridized carbons (Fsp3) is 0.333. The first-order valence-corrected chi connectivity index (χ1v) is 13.5. The number of ether oxygens (including phenoxy) is 2. The number of hydrogen-bond donors (Lipinski definition) is 2. The third-order valence-corrected chi connectivity index (χ3v) is 7.29. The zero-order valence-electron chi connectivity index (χ0n) is 21.0. The number of benzene rings is 3. The third-order valence-electron chi connectivity index (χ3n) is 6.52. The van der Waals surface area contributed by atoms with Crippen molar-refractivity contribution in [1.29, 1.82) is 0 Å². The number of rotatable bonds is 12. The summed E-state index contributed by atoms with van der Waals surface area (Å²) in [6.45, 7) is 3.00. The van der Waals surface area contributed by atoms with E-state index in [1.54, 1.807) is 0 Å². The minimum atomic E-state index is -1.09. The summed E-state index contributed by atoms with van der Waals surface area (Å²) >= 11 is 3.63. The second-order valence-electron chi connectivity index (χ2n) is 9.16. The van der Waals surface area contributed by atoms with Crippen molar-refractivity contribution >= 4 is 27.7 Å². The Hall–Kier alpha value is -3.16. The van der Waals surface area contributed by atoms with Crippen LogP contribution in [0.15, 0.2) is 88.3 Å². The lowest BCUT2D eigenvalue weighted by molar-refractivity contribution is -0.128. The summed E-state index contributed by atoms with van der Waals surface area (Å²) in [6, 6.07) is 25.6. The Morgan fingerprint density at radius 2 is 1.78 bits per heavy atom. The fourth-order valence-corrected chi connectivity index (χ4v) is 4.79. The van der Waals surface area contributed by atoms with Gasteiger partial charge in [-0.15, -0.1) is 0 Å². The number of aliphatic imine (C=N–C) groups is 1. The van der Waals surface area contributed by atoms with Crippen molar-refractivity contribution < 1.29 is 19.4 Å². The van der Waals surface area contributed by atoms with Gasteiger partial charge in [-0.25, -0.2) is 4.99 Å². The predicted octanol–water partition coefficient (Wildman–Crippen LogP) is 5.11. The molecule has 0 fully saturated rings. The van der Waals surface area contributed by atoms with Gasteiger partial charge in [0.05, 0.1) is 6.61 Å². The van der Waals surface area contributed by atoms with Crippen LogP contribution in [0.4, 0.5) is 0 Å². The zero-order chi connectivity index (χ0) is 26.1. The number of carbonyl (C=O) groups excluding carboxylic acids is 1. The minimum Gasteiger partial charge on any atom is -0.494 e. The van der Waals surface area contributed by atoms with Gasteiger partial charge >= 0.3 is 0 Å². The van der Waals surface area contributed by atoms with Gasteiger partial charge < -0.3 is 19.9 Å². The molecule has 1 heterocycles. The van der Waals surface area contributed by atoms with E-state index < -0.39 is 11.6 Å². The van der Waals surface area contributed by atoms with Crippen molar-refractivity contribution in [3.8, 4) is 5.75 Å². The van der Waals surface area contributed by atoms with Gasteiger partial charge in [0.2, 0.25) is 5.90 Å². The van der Waals surface area contributed by atoms with Gasteiger partial charge in [-0.05, 0) is 61.2 Å². The normalized spacial score (nSPS) is 18.7. The van der Waals surface area contributed by atoms with Crippen molar-refractivity contribution in [3.05, 3.63) is 100 Å². The van der Waals surface area contributed by atoms with Crippen LogP contribution in [0.2, 0.25) is 0 Å². The average Bonchev–Trinajstić information content (AvgIpc) is 3.26. The topological polar surface area (TPSA) is 80.2 Å². The molecule has 0 unspecified atom stereocenters. The number of carbonyl (C=O) groups is 1. The minimum absolute atomic E-state index is 0.0918. The van der Waals surface area contributed by atoms with Crippen LogP contribution in [0.5, 0.6) is 5.75 Å². The molecule has 0 radical (unpaired) electrons. The third kappa shape index (κ3) is 6.79. The summed E-state index contributed by atoms with van der Waals surface area (Å²) < 4.78 is 12.8. The van der Waals surface area contributed by atoms with Gasteiger partial charge in [0.15, 0.2) is 5.54 Å². The molecule has 0 saturated heterocycles. The van der Waals surface area contributed by atoms with Crippen molar-refractivity contribution in [2.75, 3.05) is 19.8 Å². The van der Waals surface area contributed by atoms with E-state index in [9.17, 15) is 4.79 Å². The molecule has 1 amide bonds. The number of nitrogens with one attached hydrogen (secondary N) is 1. The maximum Gasteiger partial charge on any atom is 0.252 e. The molecule has 2 atom stereocenters. The van der Waals surface area contributed by atoms with Crippen molar-refractivity contribution in [2.24, 2.45) is 4.99 Å². The average molecular weight is 566 g/mol. The smallest absolute Gasteiger partial charge is 0.252 e. The lowest BCUT2D eigenvalue weighted by atomic mass is 9.86. The highest BCUT2D eigenvalue weighted by atomic mass is 79.9. The van der Waals surface area contributed by atoms with Crippen molar-refractivity contribution in [2.45, 2.75) is 44.2 Å². The summed E-state index contributed by atoms with van der Waals surface area (Å²) in [7, 11) is 0. The quantitative estimate of drug-likeness (QED) is 0.300. The number of hydrogen-bond acceptors (Lipinski definition) is 5. The van der Waals surface area contributed by atoms with Crippen LogP contribution in [-0.2, 0) is 22.4 Å². The van der Waals surface area contributed by atoms with Crippen LogP contribution >= 0.6 is 15.9 Å². The molecule has 0 aromatic heterocycles. The molecule has 0 saturated carbocycles. The highest BCUT2D eigenvalue weighted by molar-refractivity contribution is 9.10. The SMILES string of the molecule is C[C@H]1OC(c2ccc(OCCCO)cc2)=N[C@@]1(Cc1ccccc1Br)C(=O)NCCCc1ccccc1. The second-order valence-corrected chi connectivity index (χ2v) is 10.0. The molecule has 0 bridgehead atoms. The van der Waals surface area contributed by atoms with Crippen LogP contribution in [0, 0.1) is 0 Å². The summed E-state index contributed by atoms with van der Waals surface area (Å²) in [5, 5.41) is 12.1. The van der Waals surface area contributed by atoms with E-state index in [2.05, 4.69) is 33.4 Å². The maximum absolute atomic E-state index is 13.7. The lowest BCUT2D eigenvalue weighted by Gasteiger charge is -2.28. The molecule has 1 aliphatic rings. The lowest BCUT2D eigenvalue weighted by Crippen LogP contribution is -2.52. The van der Waals surface area contributed by atoms with E-state index in [0.29, 0.717) is 37.6 Å². The molecule has 1 aliphatic heterocycles. The number of aliphatic hydroxyl groups excluding tert-OH is 1. The molecule has 0 spiro atoms. The Bertz CT molecular complexity index is 1200. The molecular formula is C30H33BrN2O4. The summed E-state index contributed by atoms with van der Waals surface area (Å²) in [6.07, 6.45) is 2.26. The Morgan fingerprint density at radius 3 is 2.51 bits per heavy atom. The molecule has 2 N–H and O–H groups in total. The number of aliphatic hydroxyl groups is 1. The summed E-state index contributed by atoms with van der Waals surface area (Å²) in [5.41, 5.74) is 1.94. The highest BCUT2D eigenvalue weighted by Crippen LogP contribution is 2.34. The predicted molar refractivity (Wildman–Crippen MR) is 149 cm³/mol. The highest BCUT2D eigenvalue weighted by Gasteiger charge is 2.50. The molecule has 3 aromatic rings. The molecule has 3 aromatic carbocycles. The van der Waals surface area contributed by atoms with E-state index in [4.69, 9.17) is 19.6 Å². The van der Waals surface area contributed by atoms with Crippen molar-refractivity contribution in [3.63, 3.8) is 0 Å². The van der Waals surface area contributed by atoms with Gasteiger partial charge in [0.1, 0.15) is 11.9 Å². The van der Waals surface area contributed by atoms with E-state index in [0.717, 1.165) is 28.4 Å². The van der Waals surface area contributed by atoms with Gasteiger partial charge in [-0.2, -0.15) is 0 Å². The van der Waals surface area contributed by atoms with E-state index in [-0.39, 0.29) is 12.5 Å². The first kappa shape index (κ1) is 26.9.